The molecular weight excluding hydrogens is 394 g/mol. The monoisotopic (exact) mass is 421 g/mol. The van der Waals surface area contributed by atoms with Gasteiger partial charge in [0.2, 0.25) is 0 Å². The predicted octanol–water partition coefficient (Wildman–Crippen LogP) is 3.99. The largest absolute Gasteiger partial charge is 0.354 e. The average Bonchev–Trinajstić information content (AvgIpc) is 3.25. The number of aromatic nitrogens is 2. The zero-order chi connectivity index (χ0) is 20.5. The van der Waals surface area contributed by atoms with Crippen LogP contribution in [-0.2, 0) is 6.54 Å². The van der Waals surface area contributed by atoms with E-state index in [2.05, 4.69) is 56.1 Å². The Hall–Kier alpha value is -2.21. The second-order valence-corrected chi connectivity index (χ2v) is 8.88. The molecule has 0 radical (unpaired) electrons. The van der Waals surface area contributed by atoms with Crippen molar-refractivity contribution >= 4 is 28.3 Å². The van der Waals surface area contributed by atoms with Crippen LogP contribution in [0.2, 0.25) is 5.02 Å². The van der Waals surface area contributed by atoms with Gasteiger partial charge in [0, 0.05) is 62.3 Å². The molecule has 0 aliphatic carbocycles. The van der Waals surface area contributed by atoms with Crippen LogP contribution < -0.4 is 4.90 Å². The number of hydrogen-bond donors (Lipinski definition) is 0. The number of anilines is 1. The van der Waals surface area contributed by atoms with Crippen molar-refractivity contribution in [2.75, 3.05) is 44.2 Å². The summed E-state index contributed by atoms with van der Waals surface area (Å²) in [4.78, 5) is 17.1. The van der Waals surface area contributed by atoms with E-state index in [9.17, 15) is 0 Å². The molecule has 0 bridgehead atoms. The highest BCUT2D eigenvalue weighted by molar-refractivity contribution is 6.30. The lowest BCUT2D eigenvalue weighted by molar-refractivity contribution is 0.0987. The van der Waals surface area contributed by atoms with Gasteiger partial charge < -0.3 is 4.90 Å². The number of aryl methyl sites for hydroxylation is 1. The van der Waals surface area contributed by atoms with E-state index >= 15 is 0 Å². The minimum Gasteiger partial charge on any atom is -0.354 e. The summed E-state index contributed by atoms with van der Waals surface area (Å²) in [6, 6.07) is 17.2. The van der Waals surface area contributed by atoms with Crippen molar-refractivity contribution in [2.45, 2.75) is 25.9 Å². The highest BCUT2D eigenvalue weighted by Gasteiger charge is 2.31. The van der Waals surface area contributed by atoms with Crippen molar-refractivity contribution < 1.29 is 0 Å². The van der Waals surface area contributed by atoms with Gasteiger partial charge in [-0.15, -0.1) is 0 Å². The van der Waals surface area contributed by atoms with Crippen LogP contribution in [0.3, 0.4) is 0 Å². The Kier molecular flexibility index (Phi) is 5.59. The number of fused-ring (bicyclic) bond motifs is 1. The van der Waals surface area contributed by atoms with Gasteiger partial charge in [0.1, 0.15) is 11.6 Å². The van der Waals surface area contributed by atoms with E-state index < -0.39 is 0 Å². The first-order valence-electron chi connectivity index (χ1n) is 10.8. The number of para-hydroxylation sites is 1. The molecule has 2 aliphatic heterocycles. The van der Waals surface area contributed by atoms with Crippen LogP contribution in [0.4, 0.5) is 5.82 Å². The molecule has 0 saturated carbocycles. The molecule has 6 heteroatoms. The molecule has 5 nitrogen and oxygen atoms in total. The Morgan fingerprint density at radius 3 is 2.50 bits per heavy atom. The topological polar surface area (TPSA) is 35.5 Å². The number of hydrogen-bond acceptors (Lipinski definition) is 5. The summed E-state index contributed by atoms with van der Waals surface area (Å²) in [5, 5.41) is 1.97. The third kappa shape index (κ3) is 4.15. The molecule has 30 heavy (non-hydrogen) atoms. The number of nitrogens with zero attached hydrogens (tertiary/aromatic N) is 5. The summed E-state index contributed by atoms with van der Waals surface area (Å²) in [6.07, 6.45) is 1.20. The second-order valence-electron chi connectivity index (χ2n) is 8.44. The van der Waals surface area contributed by atoms with Crippen LogP contribution in [0.15, 0.2) is 48.5 Å². The fourth-order valence-electron chi connectivity index (χ4n) is 4.78. The van der Waals surface area contributed by atoms with Crippen molar-refractivity contribution in [3.8, 4) is 0 Å². The standard InChI is InChI=1S/C24H28ClN5/c1-18-26-23-5-3-2-4-22(23)24(27-18)30-11-10-21(17-30)29-14-12-28(13-15-29)16-19-6-8-20(25)9-7-19/h2-9,21H,10-17H2,1H3. The molecule has 1 aromatic heterocycles. The molecule has 0 amide bonds. The van der Waals surface area contributed by atoms with Crippen LogP contribution in [-0.4, -0.2) is 65.1 Å². The highest BCUT2D eigenvalue weighted by atomic mass is 35.5. The van der Waals surface area contributed by atoms with Gasteiger partial charge in [0.05, 0.1) is 5.52 Å². The maximum Gasteiger partial charge on any atom is 0.140 e. The van der Waals surface area contributed by atoms with Crippen LogP contribution in [0.1, 0.15) is 17.8 Å². The van der Waals surface area contributed by atoms with Crippen molar-refractivity contribution in [3.05, 3.63) is 64.9 Å². The summed E-state index contributed by atoms with van der Waals surface area (Å²) in [7, 11) is 0. The van der Waals surface area contributed by atoms with E-state index in [-0.39, 0.29) is 0 Å². The fourth-order valence-corrected chi connectivity index (χ4v) is 4.91. The van der Waals surface area contributed by atoms with Crippen molar-refractivity contribution in [1.82, 2.24) is 19.8 Å². The number of benzene rings is 2. The molecule has 0 N–H and O–H groups in total. The molecule has 2 saturated heterocycles. The van der Waals surface area contributed by atoms with Gasteiger partial charge in [0.15, 0.2) is 0 Å². The first-order chi connectivity index (χ1) is 14.7. The SMILES string of the molecule is Cc1nc(N2CCC(N3CCN(Cc4ccc(Cl)cc4)CC3)C2)c2ccccc2n1. The number of piperazine rings is 1. The van der Waals surface area contributed by atoms with E-state index in [1.165, 1.54) is 12.0 Å². The van der Waals surface area contributed by atoms with Gasteiger partial charge in [-0.05, 0) is 43.2 Å². The first kappa shape index (κ1) is 19.7. The second kappa shape index (κ2) is 8.50. The predicted molar refractivity (Wildman–Crippen MR) is 123 cm³/mol. The van der Waals surface area contributed by atoms with Crippen LogP contribution >= 0.6 is 11.6 Å². The number of halogens is 1. The van der Waals surface area contributed by atoms with E-state index in [1.807, 2.05) is 19.1 Å². The molecule has 2 fully saturated rings. The lowest BCUT2D eigenvalue weighted by Crippen LogP contribution is -2.50. The van der Waals surface area contributed by atoms with E-state index in [1.54, 1.807) is 0 Å². The van der Waals surface area contributed by atoms with Gasteiger partial charge in [0.25, 0.3) is 0 Å². The smallest absolute Gasteiger partial charge is 0.140 e. The maximum atomic E-state index is 6.01. The van der Waals surface area contributed by atoms with Crippen LogP contribution in [0.5, 0.6) is 0 Å². The van der Waals surface area contributed by atoms with Gasteiger partial charge in [-0.25, -0.2) is 9.97 Å². The van der Waals surface area contributed by atoms with Gasteiger partial charge in [-0.1, -0.05) is 35.9 Å². The molecule has 3 aromatic rings. The molecule has 1 atom stereocenters. The Bertz CT molecular complexity index is 1010. The summed E-state index contributed by atoms with van der Waals surface area (Å²) in [6.45, 7) is 9.62. The van der Waals surface area contributed by atoms with Crippen LogP contribution in [0, 0.1) is 6.92 Å². The van der Waals surface area contributed by atoms with Gasteiger partial charge in [-0.3, -0.25) is 9.80 Å². The fraction of sp³-hybridized carbons (Fsp3) is 0.417. The third-order valence-corrected chi connectivity index (χ3v) is 6.65. The van der Waals surface area contributed by atoms with Crippen LogP contribution in [0.25, 0.3) is 10.9 Å². The van der Waals surface area contributed by atoms with Gasteiger partial charge in [-0.2, -0.15) is 0 Å². The number of rotatable bonds is 4. The molecule has 156 valence electrons. The minimum atomic E-state index is 0.608. The minimum absolute atomic E-state index is 0.608. The molecule has 5 rings (SSSR count). The van der Waals surface area contributed by atoms with Crippen molar-refractivity contribution in [2.24, 2.45) is 0 Å². The van der Waals surface area contributed by atoms with Crippen molar-refractivity contribution in [1.29, 1.82) is 0 Å². The Morgan fingerprint density at radius 1 is 0.933 bits per heavy atom. The molecule has 2 aromatic carbocycles. The van der Waals surface area contributed by atoms with E-state index in [0.29, 0.717) is 6.04 Å². The van der Waals surface area contributed by atoms with E-state index in [0.717, 1.165) is 73.4 Å². The van der Waals surface area contributed by atoms with Crippen molar-refractivity contribution in [3.63, 3.8) is 0 Å². The Morgan fingerprint density at radius 2 is 1.70 bits per heavy atom. The average molecular weight is 422 g/mol. The maximum absolute atomic E-state index is 6.01. The molecular formula is C24H28ClN5. The molecule has 2 aliphatic rings. The Labute approximate surface area is 183 Å². The van der Waals surface area contributed by atoms with E-state index in [4.69, 9.17) is 16.6 Å². The lowest BCUT2D eigenvalue weighted by Gasteiger charge is -2.38. The first-order valence-corrected chi connectivity index (χ1v) is 11.2. The van der Waals surface area contributed by atoms with Gasteiger partial charge >= 0.3 is 0 Å². The lowest BCUT2D eigenvalue weighted by atomic mass is 10.1. The highest BCUT2D eigenvalue weighted by Crippen LogP contribution is 2.28. The summed E-state index contributed by atoms with van der Waals surface area (Å²) in [5.74, 6) is 1.95. The summed E-state index contributed by atoms with van der Waals surface area (Å²) >= 11 is 6.01. The zero-order valence-electron chi connectivity index (χ0n) is 17.5. The third-order valence-electron chi connectivity index (χ3n) is 6.40. The Balaban J connectivity index is 1.21. The molecule has 3 heterocycles. The normalized spacial score (nSPS) is 20.9. The summed E-state index contributed by atoms with van der Waals surface area (Å²) < 4.78 is 0. The zero-order valence-corrected chi connectivity index (χ0v) is 18.2. The molecule has 1 unspecified atom stereocenters. The molecule has 0 spiro atoms. The summed E-state index contributed by atoms with van der Waals surface area (Å²) in [5.41, 5.74) is 2.38. The quantitative estimate of drug-likeness (QED) is 0.636.